The standard InChI is InChI=1S/C27H26N6O/c34-27-21-14-25(32-23(21)8-11-29-27)24-9-10-28-26(33-24)18-6-7-22-19(13-18)15-30-20(16-31-22)12-17-4-2-1-3-5-17/h1-7,9-10,13-14,20,30-32H,8,11-12,15-16H2,(H,29,34). The van der Waals surface area contributed by atoms with E-state index in [4.69, 9.17) is 4.98 Å². The van der Waals surface area contributed by atoms with Crippen LogP contribution in [0.25, 0.3) is 22.8 Å². The van der Waals surface area contributed by atoms with E-state index in [1.54, 1.807) is 6.20 Å². The molecule has 2 aromatic heterocycles. The third-order valence-corrected chi connectivity index (χ3v) is 6.54. The molecule has 2 aromatic carbocycles. The minimum Gasteiger partial charge on any atom is -0.383 e. The Kier molecular flexibility index (Phi) is 5.31. The third kappa shape index (κ3) is 4.06. The van der Waals surface area contributed by atoms with Gasteiger partial charge in [0.25, 0.3) is 5.91 Å². The maximum Gasteiger partial charge on any atom is 0.253 e. The van der Waals surface area contributed by atoms with Crippen molar-refractivity contribution in [1.82, 2.24) is 25.6 Å². The summed E-state index contributed by atoms with van der Waals surface area (Å²) in [6.45, 7) is 2.31. The number of aromatic nitrogens is 3. The van der Waals surface area contributed by atoms with E-state index < -0.39 is 0 Å². The van der Waals surface area contributed by atoms with E-state index in [0.717, 1.165) is 54.3 Å². The highest BCUT2D eigenvalue weighted by Crippen LogP contribution is 2.27. The Morgan fingerprint density at radius 1 is 1.00 bits per heavy atom. The van der Waals surface area contributed by atoms with E-state index in [1.807, 2.05) is 12.1 Å². The van der Waals surface area contributed by atoms with Crippen LogP contribution in [0.2, 0.25) is 0 Å². The molecule has 7 nitrogen and oxygen atoms in total. The normalized spacial score (nSPS) is 17.2. The molecular formula is C27H26N6O. The molecule has 4 heterocycles. The van der Waals surface area contributed by atoms with Crippen LogP contribution in [0.3, 0.4) is 0 Å². The van der Waals surface area contributed by atoms with Crippen LogP contribution in [0.15, 0.2) is 66.9 Å². The Morgan fingerprint density at radius 2 is 1.91 bits per heavy atom. The van der Waals surface area contributed by atoms with E-state index >= 15 is 0 Å². The average molecular weight is 451 g/mol. The van der Waals surface area contributed by atoms with Crippen LogP contribution < -0.4 is 16.0 Å². The Bertz CT molecular complexity index is 1350. The van der Waals surface area contributed by atoms with Crippen molar-refractivity contribution in [3.8, 4) is 22.8 Å². The Labute approximate surface area is 198 Å². The second-order valence-corrected chi connectivity index (χ2v) is 8.87. The van der Waals surface area contributed by atoms with Gasteiger partial charge in [0.05, 0.1) is 17.0 Å². The average Bonchev–Trinajstić information content (AvgIpc) is 3.23. The predicted octanol–water partition coefficient (Wildman–Crippen LogP) is 3.55. The SMILES string of the molecule is O=C1NCCc2[nH]c(-c3ccnc(-c4ccc5c(c4)CNC(Cc4ccccc4)CN5)n3)cc21. The van der Waals surface area contributed by atoms with E-state index in [1.165, 1.54) is 11.1 Å². The first-order valence-electron chi connectivity index (χ1n) is 11.7. The molecule has 7 heteroatoms. The first-order valence-corrected chi connectivity index (χ1v) is 11.7. The van der Waals surface area contributed by atoms with Crippen LogP contribution in [-0.4, -0.2) is 40.0 Å². The Hall–Kier alpha value is -3.97. The summed E-state index contributed by atoms with van der Waals surface area (Å²) in [6, 6.07) is 21.0. The first-order chi connectivity index (χ1) is 16.7. The second-order valence-electron chi connectivity index (χ2n) is 8.87. The fourth-order valence-electron chi connectivity index (χ4n) is 4.73. The zero-order chi connectivity index (χ0) is 22.9. The van der Waals surface area contributed by atoms with Gasteiger partial charge in [-0.25, -0.2) is 9.97 Å². The lowest BCUT2D eigenvalue weighted by Gasteiger charge is -2.15. The van der Waals surface area contributed by atoms with Crippen molar-refractivity contribution in [2.45, 2.75) is 25.4 Å². The number of H-pyrrole nitrogens is 1. The van der Waals surface area contributed by atoms with Gasteiger partial charge < -0.3 is 20.9 Å². The fourth-order valence-corrected chi connectivity index (χ4v) is 4.73. The van der Waals surface area contributed by atoms with E-state index in [-0.39, 0.29) is 5.91 Å². The van der Waals surface area contributed by atoms with Crippen LogP contribution in [-0.2, 0) is 19.4 Å². The van der Waals surface area contributed by atoms with Gasteiger partial charge in [0, 0.05) is 55.2 Å². The number of rotatable bonds is 4. The molecule has 2 aliphatic heterocycles. The maximum atomic E-state index is 12.1. The summed E-state index contributed by atoms with van der Waals surface area (Å²) in [6.07, 6.45) is 3.56. The van der Waals surface area contributed by atoms with Crippen LogP contribution in [0.5, 0.6) is 0 Å². The molecule has 0 fully saturated rings. The van der Waals surface area contributed by atoms with Crippen LogP contribution in [0, 0.1) is 0 Å². The highest BCUT2D eigenvalue weighted by atomic mass is 16.1. The van der Waals surface area contributed by atoms with Gasteiger partial charge in [0.15, 0.2) is 5.82 Å². The van der Waals surface area contributed by atoms with Crippen molar-refractivity contribution in [2.75, 3.05) is 18.4 Å². The van der Waals surface area contributed by atoms with Gasteiger partial charge in [-0.2, -0.15) is 0 Å². The molecule has 0 saturated heterocycles. The molecule has 6 rings (SSSR count). The highest BCUT2D eigenvalue weighted by molar-refractivity contribution is 5.97. The molecule has 4 N–H and O–H groups in total. The van der Waals surface area contributed by atoms with Crippen LogP contribution >= 0.6 is 0 Å². The zero-order valence-corrected chi connectivity index (χ0v) is 18.8. The second kappa shape index (κ2) is 8.76. The number of carbonyl (C=O) groups excluding carboxylic acids is 1. The van der Waals surface area contributed by atoms with Gasteiger partial charge in [0.2, 0.25) is 0 Å². The fraction of sp³-hybridized carbons (Fsp3) is 0.222. The number of hydrogen-bond donors (Lipinski definition) is 4. The lowest BCUT2D eigenvalue weighted by molar-refractivity contribution is 0.0946. The number of benzene rings is 2. The molecule has 0 aliphatic carbocycles. The summed E-state index contributed by atoms with van der Waals surface area (Å²) in [4.78, 5) is 24.8. The molecule has 2 aliphatic rings. The van der Waals surface area contributed by atoms with Crippen LogP contribution in [0.1, 0.15) is 27.2 Å². The number of nitrogens with one attached hydrogen (secondary N) is 4. The summed E-state index contributed by atoms with van der Waals surface area (Å²) < 4.78 is 0. The number of carbonyl (C=O) groups is 1. The number of nitrogens with zero attached hydrogens (tertiary/aromatic N) is 2. The topological polar surface area (TPSA) is 94.7 Å². The number of fused-ring (bicyclic) bond motifs is 2. The monoisotopic (exact) mass is 450 g/mol. The molecule has 0 saturated carbocycles. The number of aromatic amines is 1. The summed E-state index contributed by atoms with van der Waals surface area (Å²) in [5.74, 6) is 0.636. The first kappa shape index (κ1) is 20.6. The minimum absolute atomic E-state index is 0.0330. The Morgan fingerprint density at radius 3 is 2.79 bits per heavy atom. The molecule has 4 aromatic rings. The molecular weight excluding hydrogens is 424 g/mol. The van der Waals surface area contributed by atoms with E-state index in [2.05, 4.69) is 74.4 Å². The lowest BCUT2D eigenvalue weighted by Crippen LogP contribution is -2.34. The number of anilines is 1. The largest absolute Gasteiger partial charge is 0.383 e. The third-order valence-electron chi connectivity index (χ3n) is 6.54. The quantitative estimate of drug-likeness (QED) is 0.382. The van der Waals surface area contributed by atoms with Crippen molar-refractivity contribution in [1.29, 1.82) is 0 Å². The maximum absolute atomic E-state index is 12.1. The molecule has 1 unspecified atom stereocenters. The summed E-state index contributed by atoms with van der Waals surface area (Å²) >= 11 is 0. The van der Waals surface area contributed by atoms with Crippen molar-refractivity contribution in [2.24, 2.45) is 0 Å². The van der Waals surface area contributed by atoms with Crippen molar-refractivity contribution < 1.29 is 4.79 Å². The summed E-state index contributed by atoms with van der Waals surface area (Å²) in [5.41, 5.74) is 7.94. The van der Waals surface area contributed by atoms with E-state index in [0.29, 0.717) is 24.0 Å². The van der Waals surface area contributed by atoms with Gasteiger partial charge in [-0.15, -0.1) is 0 Å². The lowest BCUT2D eigenvalue weighted by atomic mass is 10.1. The van der Waals surface area contributed by atoms with Gasteiger partial charge in [-0.05, 0) is 47.9 Å². The highest BCUT2D eigenvalue weighted by Gasteiger charge is 2.21. The summed E-state index contributed by atoms with van der Waals surface area (Å²) in [5, 5.41) is 10.2. The van der Waals surface area contributed by atoms with Gasteiger partial charge in [0.1, 0.15) is 0 Å². The van der Waals surface area contributed by atoms with E-state index in [9.17, 15) is 4.79 Å². The molecule has 1 atom stereocenters. The number of hydrogen-bond acceptors (Lipinski definition) is 5. The predicted molar refractivity (Wildman–Crippen MR) is 133 cm³/mol. The molecule has 1 amide bonds. The minimum atomic E-state index is -0.0330. The van der Waals surface area contributed by atoms with Crippen molar-refractivity contribution in [3.63, 3.8) is 0 Å². The zero-order valence-electron chi connectivity index (χ0n) is 18.8. The molecule has 0 radical (unpaired) electrons. The van der Waals surface area contributed by atoms with Crippen LogP contribution in [0.4, 0.5) is 5.69 Å². The molecule has 34 heavy (non-hydrogen) atoms. The molecule has 0 spiro atoms. The molecule has 0 bridgehead atoms. The van der Waals surface area contributed by atoms with Crippen molar-refractivity contribution >= 4 is 11.6 Å². The Balaban J connectivity index is 1.23. The number of amides is 1. The van der Waals surface area contributed by atoms with Gasteiger partial charge in [-0.1, -0.05) is 30.3 Å². The van der Waals surface area contributed by atoms with Gasteiger partial charge >= 0.3 is 0 Å². The molecule has 170 valence electrons. The van der Waals surface area contributed by atoms with Gasteiger partial charge in [-0.3, -0.25) is 4.79 Å². The summed E-state index contributed by atoms with van der Waals surface area (Å²) in [7, 11) is 0. The van der Waals surface area contributed by atoms with Crippen molar-refractivity contribution in [3.05, 3.63) is 89.2 Å². The smallest absolute Gasteiger partial charge is 0.253 e.